The molecule has 144 valence electrons. The van der Waals surface area contributed by atoms with Crippen molar-refractivity contribution in [3.05, 3.63) is 64.3 Å². The molecule has 1 saturated heterocycles. The van der Waals surface area contributed by atoms with Crippen LogP contribution in [0.25, 0.3) is 10.9 Å². The Kier molecular flexibility index (Phi) is 4.73. The molecule has 1 aliphatic rings. The van der Waals surface area contributed by atoms with Crippen LogP contribution in [0.3, 0.4) is 0 Å². The minimum Gasteiger partial charge on any atom is -0.495 e. The fourth-order valence-corrected chi connectivity index (χ4v) is 3.78. The van der Waals surface area contributed by atoms with E-state index in [2.05, 4.69) is 20.9 Å². The van der Waals surface area contributed by atoms with Crippen molar-refractivity contribution in [2.75, 3.05) is 43.1 Å². The third-order valence-corrected chi connectivity index (χ3v) is 5.16. The summed E-state index contributed by atoms with van der Waals surface area (Å²) in [5, 5.41) is 12.0. The first kappa shape index (κ1) is 18.0. The van der Waals surface area contributed by atoms with Gasteiger partial charge < -0.3 is 14.5 Å². The molecule has 0 bridgehead atoms. The third kappa shape index (κ3) is 3.31. The van der Waals surface area contributed by atoms with E-state index in [-0.39, 0.29) is 10.6 Å². The maximum Gasteiger partial charge on any atom is 0.270 e. The number of rotatable bonds is 4. The topological polar surface area (TPSA) is 71.7 Å². The SMILES string of the molecule is COc1ccccc1N1CCN(c2cc(C)nc3ccc([N+](=O)[O-])cc23)CC1. The molecule has 2 heterocycles. The zero-order valence-corrected chi connectivity index (χ0v) is 16.0. The summed E-state index contributed by atoms with van der Waals surface area (Å²) in [5.41, 5.74) is 3.88. The number of aryl methyl sites for hydroxylation is 1. The Morgan fingerprint density at radius 3 is 2.36 bits per heavy atom. The lowest BCUT2D eigenvalue weighted by molar-refractivity contribution is -0.384. The van der Waals surface area contributed by atoms with Gasteiger partial charge in [0.05, 0.1) is 23.2 Å². The monoisotopic (exact) mass is 378 g/mol. The van der Waals surface area contributed by atoms with Gasteiger partial charge in [-0.05, 0) is 31.2 Å². The maximum absolute atomic E-state index is 11.2. The van der Waals surface area contributed by atoms with Crippen LogP contribution in [0, 0.1) is 17.0 Å². The summed E-state index contributed by atoms with van der Waals surface area (Å²) in [7, 11) is 1.69. The average Bonchev–Trinajstić information content (AvgIpc) is 2.72. The van der Waals surface area contributed by atoms with Crippen LogP contribution < -0.4 is 14.5 Å². The number of nitro groups is 1. The molecule has 2 aromatic carbocycles. The van der Waals surface area contributed by atoms with Crippen molar-refractivity contribution in [1.82, 2.24) is 4.98 Å². The van der Waals surface area contributed by atoms with E-state index in [1.165, 1.54) is 6.07 Å². The second-order valence-corrected chi connectivity index (χ2v) is 6.89. The van der Waals surface area contributed by atoms with E-state index >= 15 is 0 Å². The van der Waals surface area contributed by atoms with E-state index in [0.29, 0.717) is 0 Å². The number of hydrogen-bond acceptors (Lipinski definition) is 6. The molecule has 1 aliphatic heterocycles. The van der Waals surface area contributed by atoms with Crippen molar-refractivity contribution < 1.29 is 9.66 Å². The van der Waals surface area contributed by atoms with Crippen molar-refractivity contribution in [3.8, 4) is 5.75 Å². The van der Waals surface area contributed by atoms with Crippen LogP contribution in [0.15, 0.2) is 48.5 Å². The van der Waals surface area contributed by atoms with Crippen LogP contribution in [0.4, 0.5) is 17.1 Å². The molecule has 0 spiro atoms. The number of fused-ring (bicyclic) bond motifs is 1. The fourth-order valence-electron chi connectivity index (χ4n) is 3.78. The molecule has 0 aliphatic carbocycles. The summed E-state index contributed by atoms with van der Waals surface area (Å²) in [6.45, 7) is 5.28. The standard InChI is InChI=1S/C21H22N4O3/c1-15-13-20(17-14-16(25(26)27)7-8-18(17)22-15)24-11-9-23(10-12-24)19-5-3-4-6-21(19)28-2/h3-8,13-14H,9-12H2,1-2H3. The van der Waals surface area contributed by atoms with Crippen molar-refractivity contribution in [2.24, 2.45) is 0 Å². The Morgan fingerprint density at radius 2 is 1.68 bits per heavy atom. The van der Waals surface area contributed by atoms with Gasteiger partial charge in [-0.2, -0.15) is 0 Å². The van der Waals surface area contributed by atoms with Crippen LogP contribution in [-0.4, -0.2) is 43.2 Å². The molecular formula is C21H22N4O3. The number of nitrogens with zero attached hydrogens (tertiary/aromatic N) is 4. The van der Waals surface area contributed by atoms with E-state index in [9.17, 15) is 10.1 Å². The number of para-hydroxylation sites is 2. The molecule has 1 aromatic heterocycles. The summed E-state index contributed by atoms with van der Waals surface area (Å²) >= 11 is 0. The zero-order chi connectivity index (χ0) is 19.7. The van der Waals surface area contributed by atoms with Crippen molar-refractivity contribution in [3.63, 3.8) is 0 Å². The Balaban J connectivity index is 1.63. The Hall–Kier alpha value is -3.35. The number of hydrogen-bond donors (Lipinski definition) is 0. The number of nitro benzene ring substituents is 1. The lowest BCUT2D eigenvalue weighted by Gasteiger charge is -2.38. The molecular weight excluding hydrogens is 356 g/mol. The molecule has 0 saturated carbocycles. The Bertz CT molecular complexity index is 1030. The number of benzene rings is 2. The quantitative estimate of drug-likeness (QED) is 0.508. The highest BCUT2D eigenvalue weighted by Gasteiger charge is 2.22. The number of piperazine rings is 1. The van der Waals surface area contributed by atoms with Gasteiger partial charge in [-0.25, -0.2) is 0 Å². The molecule has 0 atom stereocenters. The second kappa shape index (κ2) is 7.34. The average molecular weight is 378 g/mol. The van der Waals surface area contributed by atoms with Gasteiger partial charge in [0.25, 0.3) is 5.69 Å². The second-order valence-electron chi connectivity index (χ2n) is 6.89. The lowest BCUT2D eigenvalue weighted by atomic mass is 10.1. The number of anilines is 2. The third-order valence-electron chi connectivity index (χ3n) is 5.16. The van der Waals surface area contributed by atoms with E-state index in [0.717, 1.165) is 59.9 Å². The first-order valence-electron chi connectivity index (χ1n) is 9.25. The van der Waals surface area contributed by atoms with Crippen molar-refractivity contribution in [2.45, 2.75) is 6.92 Å². The molecule has 1 fully saturated rings. The van der Waals surface area contributed by atoms with Gasteiger partial charge in [0.1, 0.15) is 5.75 Å². The summed E-state index contributed by atoms with van der Waals surface area (Å²) in [5.74, 6) is 0.872. The van der Waals surface area contributed by atoms with Crippen LogP contribution in [0.5, 0.6) is 5.75 Å². The van der Waals surface area contributed by atoms with Crippen molar-refractivity contribution >= 4 is 28.0 Å². The highest BCUT2D eigenvalue weighted by atomic mass is 16.6. The fraction of sp³-hybridized carbons (Fsp3) is 0.286. The Labute approximate surface area is 163 Å². The molecule has 0 unspecified atom stereocenters. The molecule has 3 aromatic rings. The van der Waals surface area contributed by atoms with E-state index in [1.54, 1.807) is 19.2 Å². The molecule has 7 heteroatoms. The molecule has 28 heavy (non-hydrogen) atoms. The van der Waals surface area contributed by atoms with Crippen LogP contribution >= 0.6 is 0 Å². The van der Waals surface area contributed by atoms with Crippen LogP contribution in [0.2, 0.25) is 0 Å². The molecule has 0 radical (unpaired) electrons. The van der Waals surface area contributed by atoms with Gasteiger partial charge in [0.15, 0.2) is 0 Å². The highest BCUT2D eigenvalue weighted by molar-refractivity contribution is 5.93. The Morgan fingerprint density at radius 1 is 1.00 bits per heavy atom. The summed E-state index contributed by atoms with van der Waals surface area (Å²) < 4.78 is 5.49. The van der Waals surface area contributed by atoms with Gasteiger partial charge >= 0.3 is 0 Å². The molecule has 0 N–H and O–H groups in total. The largest absolute Gasteiger partial charge is 0.495 e. The normalized spacial score (nSPS) is 14.4. The predicted octanol–water partition coefficient (Wildman–Crippen LogP) is 3.79. The van der Waals surface area contributed by atoms with Crippen LogP contribution in [0.1, 0.15) is 5.69 Å². The molecule has 0 amide bonds. The number of aromatic nitrogens is 1. The van der Waals surface area contributed by atoms with E-state index < -0.39 is 0 Å². The maximum atomic E-state index is 11.2. The summed E-state index contributed by atoms with van der Waals surface area (Å²) in [4.78, 5) is 20.0. The zero-order valence-electron chi connectivity index (χ0n) is 16.0. The minimum atomic E-state index is -0.358. The lowest BCUT2D eigenvalue weighted by Crippen LogP contribution is -2.46. The van der Waals surface area contributed by atoms with Gasteiger partial charge in [-0.1, -0.05) is 12.1 Å². The molecule has 7 nitrogen and oxygen atoms in total. The number of ether oxygens (including phenoxy) is 1. The van der Waals surface area contributed by atoms with Gasteiger partial charge in [-0.3, -0.25) is 15.1 Å². The first-order chi connectivity index (χ1) is 13.6. The number of non-ortho nitro benzene ring substituents is 1. The van der Waals surface area contributed by atoms with Crippen molar-refractivity contribution in [1.29, 1.82) is 0 Å². The van der Waals surface area contributed by atoms with Gasteiger partial charge in [-0.15, -0.1) is 0 Å². The van der Waals surface area contributed by atoms with E-state index in [4.69, 9.17) is 4.74 Å². The van der Waals surface area contributed by atoms with Gasteiger partial charge in [0.2, 0.25) is 0 Å². The summed E-state index contributed by atoms with van der Waals surface area (Å²) in [6.07, 6.45) is 0. The predicted molar refractivity (Wildman–Crippen MR) is 111 cm³/mol. The summed E-state index contributed by atoms with van der Waals surface area (Å²) in [6, 6.07) is 14.9. The number of pyridine rings is 1. The first-order valence-corrected chi connectivity index (χ1v) is 9.25. The van der Waals surface area contributed by atoms with Crippen LogP contribution in [-0.2, 0) is 0 Å². The smallest absolute Gasteiger partial charge is 0.270 e. The minimum absolute atomic E-state index is 0.0899. The highest BCUT2D eigenvalue weighted by Crippen LogP contribution is 2.33. The van der Waals surface area contributed by atoms with E-state index in [1.807, 2.05) is 31.2 Å². The molecule has 4 rings (SSSR count). The van der Waals surface area contributed by atoms with Gasteiger partial charge in [0, 0.05) is 55.1 Å². The number of methoxy groups -OCH3 is 1.